The van der Waals surface area contributed by atoms with Crippen LogP contribution in [0.5, 0.6) is 0 Å². The molecule has 0 saturated heterocycles. The molecule has 5 nitrogen and oxygen atoms in total. The fourth-order valence-electron chi connectivity index (χ4n) is 1.12. The Hall–Kier alpha value is -0.380. The van der Waals surface area contributed by atoms with Gasteiger partial charge in [-0.25, -0.2) is 4.57 Å². The van der Waals surface area contributed by atoms with E-state index in [9.17, 15) is 9.46 Å². The molecular formula is C8H19N2O3P. The molecule has 0 spiro atoms. The molecule has 1 unspecified atom stereocenters. The van der Waals surface area contributed by atoms with Crippen molar-refractivity contribution in [2.75, 3.05) is 19.7 Å². The molecule has 0 rings (SSSR count). The zero-order chi connectivity index (χ0) is 11.2. The van der Waals surface area contributed by atoms with Crippen LogP contribution in [0.15, 0.2) is 4.76 Å². The van der Waals surface area contributed by atoms with Gasteiger partial charge >= 0.3 is 7.75 Å². The minimum Gasteiger partial charge on any atom is -0.361 e. The molecule has 0 aromatic heterocycles. The van der Waals surface area contributed by atoms with E-state index in [4.69, 9.17) is 0 Å². The highest BCUT2D eigenvalue weighted by molar-refractivity contribution is 7.51. The van der Waals surface area contributed by atoms with Crippen LogP contribution in [0.1, 0.15) is 27.7 Å². The summed E-state index contributed by atoms with van der Waals surface area (Å²) in [4.78, 5) is 11.1. The van der Waals surface area contributed by atoms with Gasteiger partial charge < -0.3 is 9.79 Å². The van der Waals surface area contributed by atoms with E-state index in [-0.39, 0.29) is 6.61 Å². The second kappa shape index (κ2) is 6.17. The molecule has 0 fully saturated rings. The predicted molar refractivity (Wildman–Crippen MR) is 57.5 cm³/mol. The van der Waals surface area contributed by atoms with Crippen LogP contribution in [0, 0.1) is 0 Å². The van der Waals surface area contributed by atoms with E-state index in [1.54, 1.807) is 13.8 Å². The standard InChI is InChI=1S/C8H19N2O3P/c1-5-10(6-2)8(4)9-14(11,12)13-7-3/h5-7H2,1-4H3,(H,11,12)/b9-8+. The van der Waals surface area contributed by atoms with Crippen molar-refractivity contribution in [3.63, 3.8) is 0 Å². The van der Waals surface area contributed by atoms with Crippen molar-refractivity contribution in [2.24, 2.45) is 4.76 Å². The summed E-state index contributed by atoms with van der Waals surface area (Å²) in [6.45, 7) is 9.00. The highest BCUT2D eigenvalue weighted by Crippen LogP contribution is 2.43. The second-order valence-corrected chi connectivity index (χ2v) is 4.17. The lowest BCUT2D eigenvalue weighted by Gasteiger charge is -2.20. The molecule has 6 heteroatoms. The quantitative estimate of drug-likeness (QED) is 0.438. The fourth-order valence-corrected chi connectivity index (χ4v) is 2.01. The van der Waals surface area contributed by atoms with Gasteiger partial charge in [-0.3, -0.25) is 4.52 Å². The van der Waals surface area contributed by atoms with E-state index < -0.39 is 7.75 Å². The van der Waals surface area contributed by atoms with E-state index in [1.807, 2.05) is 18.7 Å². The maximum Gasteiger partial charge on any atom is 0.452 e. The maximum absolute atomic E-state index is 11.3. The molecule has 0 amide bonds. The average molecular weight is 222 g/mol. The van der Waals surface area contributed by atoms with Gasteiger partial charge in [-0.1, -0.05) is 0 Å². The van der Waals surface area contributed by atoms with Crippen LogP contribution in [0.3, 0.4) is 0 Å². The zero-order valence-corrected chi connectivity index (χ0v) is 10.1. The minimum absolute atomic E-state index is 0.183. The Labute approximate surface area is 85.4 Å². The summed E-state index contributed by atoms with van der Waals surface area (Å²) >= 11 is 0. The number of nitrogens with zero attached hydrogens (tertiary/aromatic N) is 2. The first kappa shape index (κ1) is 13.6. The lowest BCUT2D eigenvalue weighted by molar-refractivity contribution is 0.274. The predicted octanol–water partition coefficient (Wildman–Crippen LogP) is 1.88. The van der Waals surface area contributed by atoms with E-state index in [1.165, 1.54) is 0 Å². The molecule has 0 heterocycles. The van der Waals surface area contributed by atoms with Gasteiger partial charge in [-0.15, -0.1) is 0 Å². The van der Waals surface area contributed by atoms with Gasteiger partial charge in [0.1, 0.15) is 5.84 Å². The van der Waals surface area contributed by atoms with Gasteiger partial charge in [0, 0.05) is 13.1 Å². The zero-order valence-electron chi connectivity index (χ0n) is 9.23. The summed E-state index contributed by atoms with van der Waals surface area (Å²) in [6, 6.07) is 0. The Morgan fingerprint density at radius 3 is 2.29 bits per heavy atom. The summed E-state index contributed by atoms with van der Waals surface area (Å²) in [6.07, 6.45) is 0. The highest BCUT2D eigenvalue weighted by atomic mass is 31.2. The highest BCUT2D eigenvalue weighted by Gasteiger charge is 2.18. The van der Waals surface area contributed by atoms with E-state index in [0.717, 1.165) is 13.1 Å². The summed E-state index contributed by atoms with van der Waals surface area (Å²) in [5, 5.41) is 0. The smallest absolute Gasteiger partial charge is 0.361 e. The third kappa shape index (κ3) is 4.74. The molecule has 0 bridgehead atoms. The van der Waals surface area contributed by atoms with E-state index >= 15 is 0 Å². The molecule has 0 saturated carbocycles. The van der Waals surface area contributed by atoms with Crippen LogP contribution in [0.2, 0.25) is 0 Å². The molecular weight excluding hydrogens is 203 g/mol. The number of hydrogen-bond donors (Lipinski definition) is 1. The van der Waals surface area contributed by atoms with Crippen molar-refractivity contribution >= 4 is 13.6 Å². The number of amidine groups is 1. The molecule has 1 atom stereocenters. The SMILES string of the molecule is CCOP(=O)(O)/N=C(\C)N(CC)CC. The van der Waals surface area contributed by atoms with Crippen molar-refractivity contribution in [1.82, 2.24) is 4.90 Å². The third-order valence-electron chi connectivity index (χ3n) is 1.79. The van der Waals surface area contributed by atoms with Crippen LogP contribution in [0.25, 0.3) is 0 Å². The Kier molecular flexibility index (Phi) is 6.00. The summed E-state index contributed by atoms with van der Waals surface area (Å²) in [7, 11) is -3.78. The van der Waals surface area contributed by atoms with Crippen molar-refractivity contribution < 1.29 is 14.0 Å². The Morgan fingerprint density at radius 1 is 1.43 bits per heavy atom. The lowest BCUT2D eigenvalue weighted by atomic mass is 10.5. The summed E-state index contributed by atoms with van der Waals surface area (Å²) in [5.74, 6) is 0.536. The number of rotatable bonds is 5. The van der Waals surface area contributed by atoms with Crippen molar-refractivity contribution in [3.05, 3.63) is 0 Å². The van der Waals surface area contributed by atoms with Gasteiger partial charge in [0.2, 0.25) is 0 Å². The van der Waals surface area contributed by atoms with Crippen molar-refractivity contribution in [1.29, 1.82) is 0 Å². The Morgan fingerprint density at radius 2 is 1.93 bits per heavy atom. The molecule has 0 aliphatic carbocycles. The van der Waals surface area contributed by atoms with Crippen LogP contribution in [0.4, 0.5) is 0 Å². The lowest BCUT2D eigenvalue weighted by Crippen LogP contribution is -2.28. The fraction of sp³-hybridized carbons (Fsp3) is 0.875. The molecule has 0 aromatic rings. The van der Waals surface area contributed by atoms with E-state index in [2.05, 4.69) is 9.29 Å². The molecule has 0 aliphatic rings. The maximum atomic E-state index is 11.3. The average Bonchev–Trinajstić information content (AvgIpc) is 2.04. The molecule has 84 valence electrons. The summed E-state index contributed by atoms with van der Waals surface area (Å²) in [5.41, 5.74) is 0. The van der Waals surface area contributed by atoms with Crippen molar-refractivity contribution in [2.45, 2.75) is 27.7 Å². The molecule has 0 radical (unpaired) electrons. The Bertz CT molecular complexity index is 239. The van der Waals surface area contributed by atoms with E-state index in [0.29, 0.717) is 5.84 Å². The van der Waals surface area contributed by atoms with Gasteiger partial charge in [0.15, 0.2) is 0 Å². The van der Waals surface area contributed by atoms with Crippen LogP contribution in [-0.4, -0.2) is 35.3 Å². The van der Waals surface area contributed by atoms with Gasteiger partial charge in [-0.2, -0.15) is 4.76 Å². The van der Waals surface area contributed by atoms with Crippen LogP contribution < -0.4 is 0 Å². The largest absolute Gasteiger partial charge is 0.452 e. The van der Waals surface area contributed by atoms with Crippen molar-refractivity contribution in [3.8, 4) is 0 Å². The van der Waals surface area contributed by atoms with Crippen LogP contribution in [-0.2, 0) is 9.09 Å². The van der Waals surface area contributed by atoms with Crippen LogP contribution >= 0.6 is 7.75 Å². The van der Waals surface area contributed by atoms with Gasteiger partial charge in [0.25, 0.3) is 0 Å². The molecule has 14 heavy (non-hydrogen) atoms. The first-order chi connectivity index (χ1) is 6.46. The van der Waals surface area contributed by atoms with Gasteiger partial charge in [-0.05, 0) is 27.7 Å². The molecule has 0 aromatic carbocycles. The second-order valence-electron chi connectivity index (χ2n) is 2.73. The Balaban J connectivity index is 4.55. The van der Waals surface area contributed by atoms with Gasteiger partial charge in [0.05, 0.1) is 6.61 Å². The monoisotopic (exact) mass is 222 g/mol. The topological polar surface area (TPSA) is 62.1 Å². The number of hydrogen-bond acceptors (Lipinski definition) is 2. The third-order valence-corrected chi connectivity index (χ3v) is 2.93. The minimum atomic E-state index is -3.78. The molecule has 0 aliphatic heterocycles. The normalized spacial score (nSPS) is 16.5. The first-order valence-corrected chi connectivity index (χ1v) is 6.29. The molecule has 1 N–H and O–H groups in total. The summed E-state index contributed by atoms with van der Waals surface area (Å²) < 4.78 is 19.6. The first-order valence-electron chi connectivity index (χ1n) is 4.75.